The van der Waals surface area contributed by atoms with Gasteiger partial charge in [0.1, 0.15) is 6.04 Å². The number of nitrogens with zero attached hydrogens (tertiary/aromatic N) is 2. The average molecular weight is 240 g/mol. The zero-order valence-electron chi connectivity index (χ0n) is 10.2. The van der Waals surface area contributed by atoms with E-state index in [-0.39, 0.29) is 12.0 Å². The van der Waals surface area contributed by atoms with E-state index in [1.807, 2.05) is 49.4 Å². The van der Waals surface area contributed by atoms with Crippen molar-refractivity contribution in [2.24, 2.45) is 16.5 Å². The molecule has 0 amide bonds. The summed E-state index contributed by atoms with van der Waals surface area (Å²) < 4.78 is 0. The van der Waals surface area contributed by atoms with Gasteiger partial charge in [0.2, 0.25) is 0 Å². The molecule has 0 spiro atoms. The quantitative estimate of drug-likeness (QED) is 0.634. The van der Waals surface area contributed by atoms with Gasteiger partial charge in [-0.2, -0.15) is 0 Å². The van der Waals surface area contributed by atoms with Gasteiger partial charge >= 0.3 is 0 Å². The summed E-state index contributed by atoms with van der Waals surface area (Å²) in [6.45, 7) is 2.04. The fourth-order valence-electron chi connectivity index (χ4n) is 1.75. The summed E-state index contributed by atoms with van der Waals surface area (Å²) in [4.78, 5) is 8.57. The van der Waals surface area contributed by atoms with Crippen LogP contribution < -0.4 is 11.5 Å². The number of aliphatic imine (C=N–C) groups is 1. The fraction of sp³-hybridized carbons (Fsp3) is 0.143. The first kappa shape index (κ1) is 12.1. The van der Waals surface area contributed by atoms with Crippen molar-refractivity contribution < 1.29 is 0 Å². The Kier molecular flexibility index (Phi) is 3.57. The molecular formula is C14H16N4. The second kappa shape index (κ2) is 5.31. The first-order chi connectivity index (χ1) is 8.66. The van der Waals surface area contributed by atoms with Crippen molar-refractivity contribution in [2.75, 3.05) is 0 Å². The van der Waals surface area contributed by atoms with E-state index in [0.29, 0.717) is 0 Å². The topological polar surface area (TPSA) is 77.3 Å². The first-order valence-corrected chi connectivity index (χ1v) is 5.73. The van der Waals surface area contributed by atoms with Crippen LogP contribution in [0, 0.1) is 6.92 Å². The van der Waals surface area contributed by atoms with Gasteiger partial charge in [0.05, 0.1) is 5.69 Å². The highest BCUT2D eigenvalue weighted by Crippen LogP contribution is 2.24. The first-order valence-electron chi connectivity index (χ1n) is 5.73. The van der Waals surface area contributed by atoms with Gasteiger partial charge in [0.15, 0.2) is 5.96 Å². The number of nitrogens with two attached hydrogens (primary N) is 2. The molecule has 4 nitrogen and oxygen atoms in total. The molecule has 0 aliphatic carbocycles. The standard InChI is InChI=1S/C14H16N4/c1-10-5-7-11(8-6-10)13(18-14(15)16)12-4-2-3-9-17-12/h2-9,13H,1H3,(H4,15,16,18). The van der Waals surface area contributed by atoms with E-state index < -0.39 is 0 Å². The van der Waals surface area contributed by atoms with E-state index in [0.717, 1.165) is 11.3 Å². The molecule has 0 saturated heterocycles. The third-order valence-corrected chi connectivity index (χ3v) is 2.64. The number of hydrogen-bond donors (Lipinski definition) is 2. The lowest BCUT2D eigenvalue weighted by Gasteiger charge is -2.13. The zero-order valence-corrected chi connectivity index (χ0v) is 10.2. The van der Waals surface area contributed by atoms with Crippen LogP contribution in [0.5, 0.6) is 0 Å². The molecule has 0 saturated carbocycles. The van der Waals surface area contributed by atoms with E-state index >= 15 is 0 Å². The summed E-state index contributed by atoms with van der Waals surface area (Å²) >= 11 is 0. The van der Waals surface area contributed by atoms with Crippen molar-refractivity contribution in [1.82, 2.24) is 4.98 Å². The van der Waals surface area contributed by atoms with Gasteiger partial charge in [0.25, 0.3) is 0 Å². The maximum Gasteiger partial charge on any atom is 0.186 e. The minimum absolute atomic E-state index is 0.0613. The Balaban J connectivity index is 2.43. The molecule has 1 atom stereocenters. The predicted molar refractivity (Wildman–Crippen MR) is 73.1 cm³/mol. The van der Waals surface area contributed by atoms with Gasteiger partial charge in [-0.15, -0.1) is 0 Å². The molecule has 1 aromatic heterocycles. The Morgan fingerprint density at radius 1 is 1.11 bits per heavy atom. The highest BCUT2D eigenvalue weighted by atomic mass is 15.0. The Morgan fingerprint density at radius 3 is 2.39 bits per heavy atom. The van der Waals surface area contributed by atoms with Crippen LogP contribution in [0.2, 0.25) is 0 Å². The highest BCUT2D eigenvalue weighted by molar-refractivity contribution is 5.76. The molecule has 2 aromatic rings. The summed E-state index contributed by atoms with van der Waals surface area (Å²) in [6, 6.07) is 13.5. The van der Waals surface area contributed by atoms with E-state index in [9.17, 15) is 0 Å². The van der Waals surface area contributed by atoms with Gasteiger partial charge in [-0.05, 0) is 24.6 Å². The van der Waals surface area contributed by atoms with Gasteiger partial charge < -0.3 is 11.5 Å². The van der Waals surface area contributed by atoms with Crippen LogP contribution in [0.15, 0.2) is 53.7 Å². The Hall–Kier alpha value is -2.36. The summed E-state index contributed by atoms with van der Waals surface area (Å²) in [5, 5.41) is 0. The molecular weight excluding hydrogens is 224 g/mol. The van der Waals surface area contributed by atoms with E-state index in [1.165, 1.54) is 5.56 Å². The molecule has 0 bridgehead atoms. The van der Waals surface area contributed by atoms with E-state index in [2.05, 4.69) is 9.98 Å². The normalized spacial score (nSPS) is 11.8. The van der Waals surface area contributed by atoms with Crippen LogP contribution in [-0.4, -0.2) is 10.9 Å². The van der Waals surface area contributed by atoms with Crippen LogP contribution in [0.4, 0.5) is 0 Å². The Morgan fingerprint density at radius 2 is 1.83 bits per heavy atom. The molecule has 0 fully saturated rings. The van der Waals surface area contributed by atoms with Crippen LogP contribution in [0.25, 0.3) is 0 Å². The van der Waals surface area contributed by atoms with Gasteiger partial charge in [-0.1, -0.05) is 35.9 Å². The molecule has 2 rings (SSSR count). The minimum Gasteiger partial charge on any atom is -0.370 e. The van der Waals surface area contributed by atoms with Crippen LogP contribution in [0.1, 0.15) is 22.9 Å². The molecule has 0 radical (unpaired) electrons. The number of aromatic nitrogens is 1. The largest absolute Gasteiger partial charge is 0.370 e. The van der Waals surface area contributed by atoms with Crippen LogP contribution >= 0.6 is 0 Å². The third-order valence-electron chi connectivity index (χ3n) is 2.64. The molecule has 0 aliphatic rings. The lowest BCUT2D eigenvalue weighted by molar-refractivity contribution is 0.826. The van der Waals surface area contributed by atoms with Crippen molar-refractivity contribution in [3.05, 3.63) is 65.5 Å². The smallest absolute Gasteiger partial charge is 0.186 e. The molecule has 1 heterocycles. The number of aryl methyl sites for hydroxylation is 1. The van der Waals surface area contributed by atoms with Crippen molar-refractivity contribution >= 4 is 5.96 Å². The summed E-state index contributed by atoms with van der Waals surface area (Å²) in [7, 11) is 0. The number of rotatable bonds is 3. The lowest BCUT2D eigenvalue weighted by Crippen LogP contribution is -2.24. The maximum absolute atomic E-state index is 5.50. The van der Waals surface area contributed by atoms with E-state index in [4.69, 9.17) is 11.5 Å². The van der Waals surface area contributed by atoms with Crippen LogP contribution in [-0.2, 0) is 0 Å². The number of guanidine groups is 1. The minimum atomic E-state index is -0.253. The third kappa shape index (κ3) is 2.85. The summed E-state index contributed by atoms with van der Waals surface area (Å²) in [5.74, 6) is 0.0613. The fourth-order valence-corrected chi connectivity index (χ4v) is 1.75. The van der Waals surface area contributed by atoms with Gasteiger partial charge in [0, 0.05) is 6.20 Å². The van der Waals surface area contributed by atoms with Crippen molar-refractivity contribution in [3.8, 4) is 0 Å². The Bertz CT molecular complexity index is 527. The van der Waals surface area contributed by atoms with Crippen molar-refractivity contribution in [2.45, 2.75) is 13.0 Å². The SMILES string of the molecule is Cc1ccc(C(N=C(N)N)c2ccccn2)cc1. The summed E-state index contributed by atoms with van der Waals surface area (Å²) in [6.07, 6.45) is 1.73. The maximum atomic E-state index is 5.50. The van der Waals surface area contributed by atoms with E-state index in [1.54, 1.807) is 6.20 Å². The molecule has 18 heavy (non-hydrogen) atoms. The average Bonchev–Trinajstić information content (AvgIpc) is 2.38. The molecule has 92 valence electrons. The van der Waals surface area contributed by atoms with Gasteiger partial charge in [-0.3, -0.25) is 4.98 Å². The van der Waals surface area contributed by atoms with Crippen molar-refractivity contribution in [1.29, 1.82) is 0 Å². The Labute approximate surface area is 106 Å². The molecule has 1 aromatic carbocycles. The second-order valence-electron chi connectivity index (χ2n) is 4.12. The highest BCUT2D eigenvalue weighted by Gasteiger charge is 2.13. The van der Waals surface area contributed by atoms with Gasteiger partial charge in [-0.25, -0.2) is 4.99 Å². The number of benzene rings is 1. The molecule has 4 heteroatoms. The zero-order chi connectivity index (χ0) is 13.0. The summed E-state index contributed by atoms with van der Waals surface area (Å²) in [5.41, 5.74) is 14.0. The van der Waals surface area contributed by atoms with Crippen LogP contribution in [0.3, 0.4) is 0 Å². The second-order valence-corrected chi connectivity index (χ2v) is 4.12. The lowest BCUT2D eigenvalue weighted by atomic mass is 10.0. The molecule has 1 unspecified atom stereocenters. The molecule has 0 aliphatic heterocycles. The number of hydrogen-bond acceptors (Lipinski definition) is 2. The predicted octanol–water partition coefficient (Wildman–Crippen LogP) is 1.75. The van der Waals surface area contributed by atoms with Crippen molar-refractivity contribution in [3.63, 3.8) is 0 Å². The monoisotopic (exact) mass is 240 g/mol. The number of pyridine rings is 1. The molecule has 4 N–H and O–H groups in total.